The van der Waals surface area contributed by atoms with Gasteiger partial charge in [-0.3, -0.25) is 0 Å². The molecule has 0 bridgehead atoms. The lowest BCUT2D eigenvalue weighted by atomic mass is 10.0. The predicted octanol–water partition coefficient (Wildman–Crippen LogP) is 2.18. The van der Waals surface area contributed by atoms with E-state index < -0.39 is 0 Å². The number of hydrogen-bond donors (Lipinski definition) is 1. The molecule has 0 atom stereocenters. The van der Waals surface area contributed by atoms with Gasteiger partial charge in [0.15, 0.2) is 0 Å². The van der Waals surface area contributed by atoms with Crippen LogP contribution in [0.1, 0.15) is 37.9 Å². The number of ether oxygens (including phenoxy) is 1. The monoisotopic (exact) mass is 264 g/mol. The summed E-state index contributed by atoms with van der Waals surface area (Å²) < 4.78 is 5.38. The van der Waals surface area contributed by atoms with E-state index in [9.17, 15) is 0 Å². The maximum absolute atomic E-state index is 5.38. The van der Waals surface area contributed by atoms with E-state index in [0.717, 1.165) is 50.3 Å². The first-order chi connectivity index (χ1) is 9.13. The Morgan fingerprint density at radius 2 is 1.95 bits per heavy atom. The highest BCUT2D eigenvalue weighted by Gasteiger charge is 2.19. The van der Waals surface area contributed by atoms with Crippen molar-refractivity contribution in [3.05, 3.63) is 11.3 Å². The molecule has 1 aromatic heterocycles. The Morgan fingerprint density at radius 3 is 2.53 bits per heavy atom. The predicted molar refractivity (Wildman–Crippen MR) is 78.1 cm³/mol. The van der Waals surface area contributed by atoms with Crippen LogP contribution in [0.3, 0.4) is 0 Å². The number of rotatable bonds is 4. The molecule has 0 saturated carbocycles. The Bertz CT molecular complexity index is 428. The fourth-order valence-corrected chi connectivity index (χ4v) is 2.46. The van der Waals surface area contributed by atoms with Crippen molar-refractivity contribution in [2.75, 3.05) is 43.1 Å². The number of morpholine rings is 1. The summed E-state index contributed by atoms with van der Waals surface area (Å²) in [4.78, 5) is 11.6. The molecule has 1 saturated heterocycles. The second-order valence-electron chi connectivity index (χ2n) is 5.16. The minimum absolute atomic E-state index is 0.424. The molecule has 0 unspecified atom stereocenters. The van der Waals surface area contributed by atoms with Gasteiger partial charge in [-0.2, -0.15) is 4.98 Å². The molecule has 1 aliphatic rings. The van der Waals surface area contributed by atoms with Crippen LogP contribution in [-0.4, -0.2) is 42.8 Å². The first-order valence-corrected chi connectivity index (χ1v) is 7.08. The number of anilines is 2. The van der Waals surface area contributed by atoms with Gasteiger partial charge >= 0.3 is 0 Å². The van der Waals surface area contributed by atoms with Gasteiger partial charge in [-0.15, -0.1) is 0 Å². The summed E-state index contributed by atoms with van der Waals surface area (Å²) in [6.07, 6.45) is 0. The van der Waals surface area contributed by atoms with Crippen LogP contribution in [0.15, 0.2) is 0 Å². The van der Waals surface area contributed by atoms with E-state index in [-0.39, 0.29) is 0 Å². The molecule has 0 radical (unpaired) electrons. The Morgan fingerprint density at radius 1 is 1.26 bits per heavy atom. The molecule has 1 N–H and O–H groups in total. The molecule has 0 aromatic carbocycles. The largest absolute Gasteiger partial charge is 0.378 e. The zero-order valence-corrected chi connectivity index (χ0v) is 12.4. The lowest BCUT2D eigenvalue weighted by molar-refractivity contribution is 0.122. The molecular weight excluding hydrogens is 240 g/mol. The summed E-state index contributed by atoms with van der Waals surface area (Å²) in [6.45, 7) is 12.6. The van der Waals surface area contributed by atoms with Crippen LogP contribution in [0.4, 0.5) is 11.8 Å². The summed E-state index contributed by atoms with van der Waals surface area (Å²) in [5.41, 5.74) is 2.29. The van der Waals surface area contributed by atoms with E-state index in [1.54, 1.807) is 0 Å². The molecule has 19 heavy (non-hydrogen) atoms. The van der Waals surface area contributed by atoms with Gasteiger partial charge in [-0.05, 0) is 19.8 Å². The minimum atomic E-state index is 0.424. The molecule has 1 aliphatic heterocycles. The van der Waals surface area contributed by atoms with Crippen LogP contribution < -0.4 is 10.2 Å². The maximum atomic E-state index is 5.38. The van der Waals surface area contributed by atoms with E-state index in [4.69, 9.17) is 9.72 Å². The topological polar surface area (TPSA) is 50.3 Å². The number of nitrogens with one attached hydrogen (secondary N) is 1. The zero-order chi connectivity index (χ0) is 13.8. The zero-order valence-electron chi connectivity index (χ0n) is 12.4. The fraction of sp³-hybridized carbons (Fsp3) is 0.714. The van der Waals surface area contributed by atoms with Crippen molar-refractivity contribution < 1.29 is 4.74 Å². The van der Waals surface area contributed by atoms with E-state index in [2.05, 4.69) is 42.9 Å². The van der Waals surface area contributed by atoms with Crippen molar-refractivity contribution in [3.63, 3.8) is 0 Å². The SMILES string of the molecule is CCNc1nc(N2CCOCC2)nc(C)c1C(C)C. The highest BCUT2D eigenvalue weighted by atomic mass is 16.5. The molecule has 0 amide bonds. The smallest absolute Gasteiger partial charge is 0.227 e. The third-order valence-corrected chi connectivity index (χ3v) is 3.34. The molecule has 0 spiro atoms. The van der Waals surface area contributed by atoms with Crippen LogP contribution in [0.5, 0.6) is 0 Å². The van der Waals surface area contributed by atoms with E-state index in [1.165, 1.54) is 5.56 Å². The normalized spacial score (nSPS) is 15.9. The van der Waals surface area contributed by atoms with Crippen molar-refractivity contribution in [3.8, 4) is 0 Å². The highest BCUT2D eigenvalue weighted by Crippen LogP contribution is 2.27. The van der Waals surface area contributed by atoms with Crippen molar-refractivity contribution in [1.29, 1.82) is 0 Å². The maximum Gasteiger partial charge on any atom is 0.227 e. The Labute approximate surface area is 115 Å². The number of aryl methyl sites for hydroxylation is 1. The van der Waals surface area contributed by atoms with Gasteiger partial charge in [0.05, 0.1) is 13.2 Å². The van der Waals surface area contributed by atoms with Gasteiger partial charge in [0.2, 0.25) is 5.95 Å². The molecule has 5 nitrogen and oxygen atoms in total. The van der Waals surface area contributed by atoms with Crippen molar-refractivity contribution in [2.24, 2.45) is 0 Å². The summed E-state index contributed by atoms with van der Waals surface area (Å²) in [5.74, 6) is 2.22. The molecule has 2 rings (SSSR count). The van der Waals surface area contributed by atoms with Crippen molar-refractivity contribution in [2.45, 2.75) is 33.6 Å². The van der Waals surface area contributed by atoms with Crippen LogP contribution in [-0.2, 0) is 4.74 Å². The van der Waals surface area contributed by atoms with E-state index in [1.807, 2.05) is 0 Å². The lowest BCUT2D eigenvalue weighted by Crippen LogP contribution is -2.37. The van der Waals surface area contributed by atoms with Gasteiger partial charge in [0, 0.05) is 30.9 Å². The van der Waals surface area contributed by atoms with E-state index >= 15 is 0 Å². The van der Waals surface area contributed by atoms with Gasteiger partial charge in [-0.25, -0.2) is 4.98 Å². The second-order valence-corrected chi connectivity index (χ2v) is 5.16. The standard InChI is InChI=1S/C14H24N4O/c1-5-15-13-12(10(2)3)11(4)16-14(17-13)18-6-8-19-9-7-18/h10H,5-9H2,1-4H3,(H,15,16,17). The fourth-order valence-electron chi connectivity index (χ4n) is 2.46. The third kappa shape index (κ3) is 3.15. The lowest BCUT2D eigenvalue weighted by Gasteiger charge is -2.28. The first-order valence-electron chi connectivity index (χ1n) is 7.08. The second kappa shape index (κ2) is 6.19. The van der Waals surface area contributed by atoms with Crippen LogP contribution >= 0.6 is 0 Å². The molecular formula is C14H24N4O. The van der Waals surface area contributed by atoms with Crippen LogP contribution in [0.2, 0.25) is 0 Å². The summed E-state index contributed by atoms with van der Waals surface area (Å²) in [7, 11) is 0. The Balaban J connectivity index is 2.35. The van der Waals surface area contributed by atoms with Gasteiger partial charge < -0.3 is 15.0 Å². The van der Waals surface area contributed by atoms with Gasteiger partial charge in [0.25, 0.3) is 0 Å². The van der Waals surface area contributed by atoms with Crippen LogP contribution in [0.25, 0.3) is 0 Å². The average molecular weight is 264 g/mol. The number of hydrogen-bond acceptors (Lipinski definition) is 5. The highest BCUT2D eigenvalue weighted by molar-refractivity contribution is 5.52. The molecule has 0 aliphatic carbocycles. The first kappa shape index (κ1) is 14.1. The van der Waals surface area contributed by atoms with Gasteiger partial charge in [-0.1, -0.05) is 13.8 Å². The molecule has 1 fully saturated rings. The Kier molecular flexibility index (Phi) is 4.58. The molecule has 5 heteroatoms. The third-order valence-electron chi connectivity index (χ3n) is 3.34. The Hall–Kier alpha value is -1.36. The van der Waals surface area contributed by atoms with Gasteiger partial charge in [0.1, 0.15) is 5.82 Å². The molecule has 2 heterocycles. The summed E-state index contributed by atoms with van der Waals surface area (Å²) >= 11 is 0. The molecule has 1 aromatic rings. The summed E-state index contributed by atoms with van der Waals surface area (Å²) in [5, 5.41) is 3.37. The minimum Gasteiger partial charge on any atom is -0.378 e. The summed E-state index contributed by atoms with van der Waals surface area (Å²) in [6, 6.07) is 0. The molecule has 106 valence electrons. The van der Waals surface area contributed by atoms with E-state index in [0.29, 0.717) is 5.92 Å². The quantitative estimate of drug-likeness (QED) is 0.903. The van der Waals surface area contributed by atoms with Crippen molar-refractivity contribution in [1.82, 2.24) is 9.97 Å². The van der Waals surface area contributed by atoms with Crippen LogP contribution in [0, 0.1) is 6.92 Å². The number of nitrogens with zero attached hydrogens (tertiary/aromatic N) is 3. The number of aromatic nitrogens is 2. The van der Waals surface area contributed by atoms with Crippen molar-refractivity contribution >= 4 is 11.8 Å². The average Bonchev–Trinajstić information content (AvgIpc) is 2.39.